The van der Waals surface area contributed by atoms with Crippen LogP contribution in [0.25, 0.3) is 0 Å². The van der Waals surface area contributed by atoms with Crippen LogP contribution in [0.1, 0.15) is 29.8 Å². The number of amides is 2. The molecule has 6 heteroatoms. The Kier molecular flexibility index (Phi) is 6.68. The molecule has 0 aromatic heterocycles. The van der Waals surface area contributed by atoms with Gasteiger partial charge in [-0.25, -0.2) is 0 Å². The molecule has 0 aliphatic rings. The molecule has 134 valence electrons. The highest BCUT2D eigenvalue weighted by Gasteiger charge is 2.08. The van der Waals surface area contributed by atoms with Gasteiger partial charge in [0.05, 0.1) is 0 Å². The molecule has 2 amide bonds. The maximum absolute atomic E-state index is 12.3. The smallest absolute Gasteiger partial charge is 0.308 e. The van der Waals surface area contributed by atoms with Crippen LogP contribution in [0.2, 0.25) is 0 Å². The molecule has 2 aromatic carbocycles. The lowest BCUT2D eigenvalue weighted by Gasteiger charge is -2.09. The SMILES string of the molecule is C/C=C/C(=O)Nc1cccc(CNC(=O)c2cccc(OC(C)=O)c2)c1. The number of allylic oxidation sites excluding steroid dienone is 1. The Morgan fingerprint density at radius 1 is 1.08 bits per heavy atom. The van der Waals surface area contributed by atoms with Crippen LogP contribution in [-0.4, -0.2) is 17.8 Å². The Hall–Kier alpha value is -3.41. The second-order valence-corrected chi connectivity index (χ2v) is 5.49. The Morgan fingerprint density at radius 2 is 1.85 bits per heavy atom. The maximum Gasteiger partial charge on any atom is 0.308 e. The lowest BCUT2D eigenvalue weighted by Crippen LogP contribution is -2.23. The third-order valence-corrected chi connectivity index (χ3v) is 3.32. The molecule has 26 heavy (non-hydrogen) atoms. The molecule has 0 aliphatic carbocycles. The number of nitrogens with one attached hydrogen (secondary N) is 2. The van der Waals surface area contributed by atoms with E-state index in [9.17, 15) is 14.4 Å². The summed E-state index contributed by atoms with van der Waals surface area (Å²) in [5.41, 5.74) is 1.88. The summed E-state index contributed by atoms with van der Waals surface area (Å²) in [4.78, 5) is 34.9. The number of hydrogen-bond donors (Lipinski definition) is 2. The van der Waals surface area contributed by atoms with Gasteiger partial charge < -0.3 is 15.4 Å². The van der Waals surface area contributed by atoms with Crippen molar-refractivity contribution < 1.29 is 19.1 Å². The van der Waals surface area contributed by atoms with Crippen LogP contribution in [0, 0.1) is 0 Å². The van der Waals surface area contributed by atoms with Crippen molar-refractivity contribution in [1.29, 1.82) is 0 Å². The number of rotatable bonds is 6. The minimum absolute atomic E-state index is 0.212. The highest BCUT2D eigenvalue weighted by Crippen LogP contribution is 2.14. The Balaban J connectivity index is 1.99. The summed E-state index contributed by atoms with van der Waals surface area (Å²) in [6.45, 7) is 3.36. The van der Waals surface area contributed by atoms with Gasteiger partial charge in [-0.2, -0.15) is 0 Å². The van der Waals surface area contributed by atoms with E-state index in [-0.39, 0.29) is 11.8 Å². The van der Waals surface area contributed by atoms with Crippen LogP contribution in [-0.2, 0) is 16.1 Å². The van der Waals surface area contributed by atoms with Crippen molar-refractivity contribution in [2.45, 2.75) is 20.4 Å². The van der Waals surface area contributed by atoms with E-state index < -0.39 is 5.97 Å². The van der Waals surface area contributed by atoms with E-state index in [4.69, 9.17) is 4.74 Å². The highest BCUT2D eigenvalue weighted by molar-refractivity contribution is 5.99. The topological polar surface area (TPSA) is 84.5 Å². The molecule has 0 saturated heterocycles. The number of carbonyl (C=O) groups is 3. The molecule has 6 nitrogen and oxygen atoms in total. The first-order chi connectivity index (χ1) is 12.5. The molecule has 0 radical (unpaired) electrons. The first-order valence-corrected chi connectivity index (χ1v) is 8.07. The molecule has 0 spiro atoms. The average molecular weight is 352 g/mol. The van der Waals surface area contributed by atoms with Gasteiger partial charge in [-0.3, -0.25) is 14.4 Å². The summed E-state index contributed by atoms with van der Waals surface area (Å²) in [6.07, 6.45) is 3.09. The van der Waals surface area contributed by atoms with Gasteiger partial charge in [-0.15, -0.1) is 0 Å². The molecule has 2 aromatic rings. The molecule has 0 fully saturated rings. The number of hydrogen-bond acceptors (Lipinski definition) is 4. The van der Waals surface area contributed by atoms with Gasteiger partial charge in [0.25, 0.3) is 5.91 Å². The molecule has 0 saturated carbocycles. The first-order valence-electron chi connectivity index (χ1n) is 8.07. The van der Waals surface area contributed by atoms with Gasteiger partial charge in [0.2, 0.25) is 5.91 Å². The van der Waals surface area contributed by atoms with E-state index in [1.807, 2.05) is 6.07 Å². The van der Waals surface area contributed by atoms with Crippen LogP contribution < -0.4 is 15.4 Å². The lowest BCUT2D eigenvalue weighted by molar-refractivity contribution is -0.131. The summed E-state index contributed by atoms with van der Waals surface area (Å²) in [5, 5.41) is 5.54. The van der Waals surface area contributed by atoms with Crippen LogP contribution >= 0.6 is 0 Å². The second kappa shape index (κ2) is 9.17. The van der Waals surface area contributed by atoms with Crippen molar-refractivity contribution in [3.05, 3.63) is 71.8 Å². The minimum Gasteiger partial charge on any atom is -0.427 e. The predicted molar refractivity (Wildman–Crippen MR) is 98.8 cm³/mol. The lowest BCUT2D eigenvalue weighted by atomic mass is 10.1. The maximum atomic E-state index is 12.3. The fourth-order valence-corrected chi connectivity index (χ4v) is 2.25. The van der Waals surface area contributed by atoms with Crippen molar-refractivity contribution in [3.63, 3.8) is 0 Å². The average Bonchev–Trinajstić information content (AvgIpc) is 2.60. The van der Waals surface area contributed by atoms with Crippen molar-refractivity contribution in [3.8, 4) is 5.75 Å². The van der Waals surface area contributed by atoms with Crippen LogP contribution in [0.3, 0.4) is 0 Å². The van der Waals surface area contributed by atoms with Crippen molar-refractivity contribution in [2.24, 2.45) is 0 Å². The van der Waals surface area contributed by atoms with Gasteiger partial charge in [-0.05, 0) is 48.9 Å². The summed E-state index contributed by atoms with van der Waals surface area (Å²) in [7, 11) is 0. The molecule has 0 bridgehead atoms. The first kappa shape index (κ1) is 18.9. The number of ether oxygens (including phenoxy) is 1. The van der Waals surface area contributed by atoms with Crippen molar-refractivity contribution in [1.82, 2.24) is 5.32 Å². The second-order valence-electron chi connectivity index (χ2n) is 5.49. The number of carbonyl (C=O) groups excluding carboxylic acids is 3. The third kappa shape index (κ3) is 5.90. The van der Waals surface area contributed by atoms with E-state index in [2.05, 4.69) is 10.6 Å². The molecule has 0 heterocycles. The van der Waals surface area contributed by atoms with E-state index in [0.29, 0.717) is 23.5 Å². The molecule has 0 unspecified atom stereocenters. The number of esters is 1. The van der Waals surface area contributed by atoms with E-state index >= 15 is 0 Å². The van der Waals surface area contributed by atoms with Crippen molar-refractivity contribution in [2.75, 3.05) is 5.32 Å². The highest BCUT2D eigenvalue weighted by atomic mass is 16.5. The molecular formula is C20H20N2O4. The summed E-state index contributed by atoms with van der Waals surface area (Å²) in [5.74, 6) is -0.628. The molecule has 2 N–H and O–H groups in total. The van der Waals surface area contributed by atoms with E-state index in [0.717, 1.165) is 5.56 Å². The summed E-state index contributed by atoms with van der Waals surface area (Å²) >= 11 is 0. The fourth-order valence-electron chi connectivity index (χ4n) is 2.25. The van der Waals surface area contributed by atoms with Crippen LogP contribution in [0.5, 0.6) is 5.75 Å². The normalized spacial score (nSPS) is 10.4. The summed E-state index contributed by atoms with van der Waals surface area (Å²) in [6, 6.07) is 13.6. The standard InChI is InChI=1S/C20H20N2O4/c1-3-6-19(24)22-17-9-4-7-15(11-17)13-21-20(25)16-8-5-10-18(12-16)26-14(2)23/h3-12H,13H2,1-2H3,(H,21,25)(H,22,24)/b6-3+. The number of anilines is 1. The monoisotopic (exact) mass is 352 g/mol. The quantitative estimate of drug-likeness (QED) is 0.475. The fraction of sp³-hybridized carbons (Fsp3) is 0.150. The Labute approximate surface area is 151 Å². The van der Waals surface area contributed by atoms with Gasteiger partial charge >= 0.3 is 5.97 Å². The Morgan fingerprint density at radius 3 is 2.58 bits per heavy atom. The summed E-state index contributed by atoms with van der Waals surface area (Å²) < 4.78 is 4.98. The number of benzene rings is 2. The van der Waals surface area contributed by atoms with Gasteiger partial charge in [0, 0.05) is 24.7 Å². The molecule has 0 aliphatic heterocycles. The van der Waals surface area contributed by atoms with Gasteiger partial charge in [0.15, 0.2) is 0 Å². The zero-order valence-corrected chi connectivity index (χ0v) is 14.6. The van der Waals surface area contributed by atoms with E-state index in [1.54, 1.807) is 49.4 Å². The molecule has 0 atom stereocenters. The third-order valence-electron chi connectivity index (χ3n) is 3.32. The minimum atomic E-state index is -0.445. The van der Waals surface area contributed by atoms with E-state index in [1.165, 1.54) is 19.1 Å². The zero-order valence-electron chi connectivity index (χ0n) is 14.6. The van der Waals surface area contributed by atoms with Crippen molar-refractivity contribution >= 4 is 23.5 Å². The predicted octanol–water partition coefficient (Wildman–Crippen LogP) is 3.06. The van der Waals surface area contributed by atoms with Crippen LogP contribution in [0.15, 0.2) is 60.7 Å². The molecule has 2 rings (SSSR count). The largest absolute Gasteiger partial charge is 0.427 e. The molecular weight excluding hydrogens is 332 g/mol. The van der Waals surface area contributed by atoms with Gasteiger partial charge in [0.1, 0.15) is 5.75 Å². The van der Waals surface area contributed by atoms with Gasteiger partial charge in [-0.1, -0.05) is 24.3 Å². The Bertz CT molecular complexity index is 843. The van der Waals surface area contributed by atoms with Crippen LogP contribution in [0.4, 0.5) is 5.69 Å². The zero-order chi connectivity index (χ0) is 18.9.